The molecule has 10 aromatic carbocycles. The summed E-state index contributed by atoms with van der Waals surface area (Å²) < 4.78 is 0. The number of para-hydroxylation sites is 4. The third-order valence-corrected chi connectivity index (χ3v) is 18.3. The van der Waals surface area contributed by atoms with Gasteiger partial charge in [-0.05, 0) is 212 Å². The van der Waals surface area contributed by atoms with Crippen LogP contribution in [0.15, 0.2) is 229 Å². The van der Waals surface area contributed by atoms with Crippen molar-refractivity contribution in [3.05, 3.63) is 296 Å². The van der Waals surface area contributed by atoms with Crippen LogP contribution in [-0.4, -0.2) is 43.1 Å². The van der Waals surface area contributed by atoms with E-state index in [2.05, 4.69) is 117 Å². The Hall–Kier alpha value is -11.8. The van der Waals surface area contributed by atoms with Gasteiger partial charge in [-0.2, -0.15) is 0 Å². The summed E-state index contributed by atoms with van der Waals surface area (Å²) in [6.45, 7) is 16.6. The number of allylic oxidation sites excluding steroid dienone is 6. The van der Waals surface area contributed by atoms with Crippen LogP contribution in [0.5, 0.6) is 0 Å². The molecule has 12 aromatic rings. The molecule has 0 spiro atoms. The number of carbonyl (C=O) groups excluding carboxylic acids is 4. The van der Waals surface area contributed by atoms with E-state index < -0.39 is 0 Å². The lowest BCUT2D eigenvalue weighted by atomic mass is 9.97. The fourth-order valence-electron chi connectivity index (χ4n) is 14.2. The molecular formula is C80H58N8O4. The second kappa shape index (κ2) is 20.9. The minimum absolute atomic E-state index is 0.0611. The predicted octanol–water partition coefficient (Wildman–Crippen LogP) is 18.3. The van der Waals surface area contributed by atoms with Gasteiger partial charge in [0.15, 0.2) is 46.4 Å². The van der Waals surface area contributed by atoms with E-state index in [0.717, 1.165) is 111 Å². The van der Waals surface area contributed by atoms with Gasteiger partial charge in [0.2, 0.25) is 0 Å². The zero-order chi connectivity index (χ0) is 63.1. The molecule has 0 saturated heterocycles. The smallest absolute Gasteiger partial charge is 0.197 e. The zero-order valence-corrected chi connectivity index (χ0v) is 51.8. The van der Waals surface area contributed by atoms with Crippen molar-refractivity contribution >= 4 is 113 Å². The second-order valence-electron chi connectivity index (χ2n) is 24.6. The summed E-state index contributed by atoms with van der Waals surface area (Å²) >= 11 is 0. The summed E-state index contributed by atoms with van der Waals surface area (Å²) in [5, 5.41) is 3.39. The number of fused-ring (bicyclic) bond motifs is 8. The van der Waals surface area contributed by atoms with Gasteiger partial charge >= 0.3 is 0 Å². The van der Waals surface area contributed by atoms with E-state index in [0.29, 0.717) is 68.2 Å². The predicted molar refractivity (Wildman–Crippen MR) is 368 cm³/mol. The summed E-state index contributed by atoms with van der Waals surface area (Å²) in [4.78, 5) is 88.0. The third-order valence-electron chi connectivity index (χ3n) is 18.3. The molecule has 0 N–H and O–H groups in total. The minimum Gasteiger partial charge on any atom is -0.288 e. The first-order valence-corrected chi connectivity index (χ1v) is 30.8. The topological polar surface area (TPSA) is 133 Å². The molecule has 2 aromatic heterocycles. The van der Waals surface area contributed by atoms with E-state index in [1.807, 2.05) is 152 Å². The third kappa shape index (κ3) is 8.65. The van der Waals surface area contributed by atoms with Gasteiger partial charge in [0.05, 0.1) is 56.0 Å². The molecule has 2 aliphatic heterocycles. The Morgan fingerprint density at radius 1 is 0.293 bits per heavy atom. The fraction of sp³-hybridized carbons (Fsp3) is 0.100. The van der Waals surface area contributed by atoms with Crippen molar-refractivity contribution in [3.8, 4) is 11.1 Å². The fourth-order valence-corrected chi connectivity index (χ4v) is 14.2. The molecule has 0 bridgehead atoms. The van der Waals surface area contributed by atoms with Gasteiger partial charge in [0.25, 0.3) is 0 Å². The zero-order valence-electron chi connectivity index (χ0n) is 51.8. The Balaban J connectivity index is 0.797. The van der Waals surface area contributed by atoms with Crippen molar-refractivity contribution in [2.45, 2.75) is 55.4 Å². The molecule has 0 fully saturated rings. The summed E-state index contributed by atoms with van der Waals surface area (Å²) in [5.41, 5.74) is 18.0. The van der Waals surface area contributed by atoms with Crippen molar-refractivity contribution in [2.75, 3.05) is 19.6 Å². The first kappa shape index (κ1) is 55.5. The Morgan fingerprint density at radius 3 is 1.10 bits per heavy atom. The van der Waals surface area contributed by atoms with Gasteiger partial charge in [-0.15, -0.1) is 0 Å². The highest BCUT2D eigenvalue weighted by Crippen LogP contribution is 2.53. The molecule has 4 aliphatic rings. The van der Waals surface area contributed by atoms with Gasteiger partial charge in [-0.1, -0.05) is 126 Å². The first-order valence-electron chi connectivity index (χ1n) is 30.8. The van der Waals surface area contributed by atoms with Crippen molar-refractivity contribution < 1.29 is 19.2 Å². The number of hydrogen-bond acceptors (Lipinski definition) is 12. The van der Waals surface area contributed by atoms with Crippen molar-refractivity contribution in [3.63, 3.8) is 0 Å². The minimum atomic E-state index is -0.357. The highest BCUT2D eigenvalue weighted by molar-refractivity contribution is 6.41. The Labute approximate surface area is 531 Å². The SMILES string of the molecule is Cc1cc(C)c(N2/C(=C/C=C3C(=O)c4cc5ccccc5cc4C3=O)N(c3c(C)cc(C)cc3C)c3nc4cc(-c5ccc6cc7c(cc6c5)C(=O)/C(=C\C=C5N(c6ccccc6C)c6nc8ccccc8nc6N5c5ccccc5C)C7=O)ccc4nc32)c(C)c1. The molecule has 442 valence electrons. The maximum Gasteiger partial charge on any atom is 0.197 e. The molecule has 0 saturated carbocycles. The van der Waals surface area contributed by atoms with Crippen LogP contribution in [0.4, 0.5) is 46.0 Å². The van der Waals surface area contributed by atoms with Gasteiger partial charge in [0.1, 0.15) is 11.6 Å². The molecule has 4 heterocycles. The number of aryl methyl sites for hydroxylation is 8. The number of anilines is 8. The molecule has 12 heteroatoms. The molecule has 16 rings (SSSR count). The van der Waals surface area contributed by atoms with Crippen LogP contribution in [0.3, 0.4) is 0 Å². The van der Waals surface area contributed by atoms with Crippen LogP contribution in [0.2, 0.25) is 0 Å². The summed E-state index contributed by atoms with van der Waals surface area (Å²) in [5.74, 6) is 2.40. The number of hydrogen-bond donors (Lipinski definition) is 0. The van der Waals surface area contributed by atoms with Gasteiger partial charge in [0, 0.05) is 22.3 Å². The molecule has 0 unspecified atom stereocenters. The molecule has 0 amide bonds. The van der Waals surface area contributed by atoms with Crippen LogP contribution < -0.4 is 19.6 Å². The molecule has 2 aliphatic carbocycles. The highest BCUT2D eigenvalue weighted by atomic mass is 16.2. The molecule has 0 radical (unpaired) electrons. The highest BCUT2D eigenvalue weighted by Gasteiger charge is 2.42. The maximum atomic E-state index is 14.8. The van der Waals surface area contributed by atoms with E-state index in [9.17, 15) is 19.2 Å². The normalized spacial score (nSPS) is 15.2. The Kier molecular flexibility index (Phi) is 12.6. The largest absolute Gasteiger partial charge is 0.288 e. The van der Waals surface area contributed by atoms with Crippen molar-refractivity contribution in [1.82, 2.24) is 19.9 Å². The summed E-state index contributed by atoms with van der Waals surface area (Å²) in [7, 11) is 0. The number of ketones is 4. The Morgan fingerprint density at radius 2 is 0.641 bits per heavy atom. The summed E-state index contributed by atoms with van der Waals surface area (Å²) in [6, 6.07) is 59.8. The lowest BCUT2D eigenvalue weighted by Gasteiger charge is -2.29. The number of benzene rings is 10. The molecule has 92 heavy (non-hydrogen) atoms. The van der Waals surface area contributed by atoms with Crippen LogP contribution in [0, 0.1) is 55.4 Å². The quantitative estimate of drug-likeness (QED) is 0.111. The number of rotatable bonds is 7. The number of nitrogens with zero attached hydrogens (tertiary/aromatic N) is 8. The van der Waals surface area contributed by atoms with E-state index in [1.54, 1.807) is 12.2 Å². The van der Waals surface area contributed by atoms with Crippen molar-refractivity contribution in [1.29, 1.82) is 0 Å². The molecular weight excluding hydrogens is 1140 g/mol. The van der Waals surface area contributed by atoms with Gasteiger partial charge < -0.3 is 0 Å². The number of Topliss-reactive ketones (excluding diaryl/α,β-unsaturated/α-hetero) is 4. The Bertz CT molecular complexity index is 5320. The van der Waals surface area contributed by atoms with Crippen LogP contribution >= 0.6 is 0 Å². The van der Waals surface area contributed by atoms with Crippen molar-refractivity contribution in [2.24, 2.45) is 0 Å². The lowest BCUT2D eigenvalue weighted by Crippen LogP contribution is -2.24. The van der Waals surface area contributed by atoms with Crippen LogP contribution in [0.1, 0.15) is 85.9 Å². The average Bonchev–Trinajstić information content (AvgIpc) is 1.58. The molecule has 0 atom stereocenters. The maximum absolute atomic E-state index is 14.8. The van der Waals surface area contributed by atoms with Crippen LogP contribution in [0.25, 0.3) is 54.7 Å². The van der Waals surface area contributed by atoms with E-state index in [1.165, 1.54) is 0 Å². The summed E-state index contributed by atoms with van der Waals surface area (Å²) in [6.07, 6.45) is 7.05. The average molecular weight is 1200 g/mol. The first-order chi connectivity index (χ1) is 44.6. The number of aromatic nitrogens is 4. The van der Waals surface area contributed by atoms with Gasteiger partial charge in [-0.25, -0.2) is 19.9 Å². The van der Waals surface area contributed by atoms with E-state index in [4.69, 9.17) is 19.9 Å². The van der Waals surface area contributed by atoms with E-state index in [-0.39, 0.29) is 34.3 Å². The second-order valence-corrected chi connectivity index (χ2v) is 24.6. The monoisotopic (exact) mass is 1190 g/mol. The van der Waals surface area contributed by atoms with E-state index >= 15 is 0 Å². The standard InChI is InChI=1S/C80H58N8O4/c1-43-33-47(5)71(48(6)34-43)87-70(32-29-58-73(89)59-38-51-19-11-12-20-52(51)39-60(59)74(58)90)88(72-49(7)35-44(2)36-50(72)8)80-79(87)83-65-30-27-55(42-66(65)84-80)53-25-26-54-40-61-62(41-56(54)37-53)76(92)57(75(61)91)28-31-69-85(67-23-15-9-17-45(67)3)77-78(82-64-22-14-13-21-63(64)81-77)86(69)68-24-16-10-18-46(68)4/h9-42H,1-8H3/b57-28-,70-32-. The number of carbonyl (C=O) groups is 4. The molecule has 12 nitrogen and oxygen atoms in total. The van der Waals surface area contributed by atoms with Gasteiger partial charge in [-0.3, -0.25) is 38.8 Å². The van der Waals surface area contributed by atoms with Crippen LogP contribution in [-0.2, 0) is 0 Å². The lowest BCUT2D eigenvalue weighted by molar-refractivity contribution is 0.0973.